The summed E-state index contributed by atoms with van der Waals surface area (Å²) in [4.78, 5) is 12.3. The predicted molar refractivity (Wildman–Crippen MR) is 74.4 cm³/mol. The quantitative estimate of drug-likeness (QED) is 0.646. The summed E-state index contributed by atoms with van der Waals surface area (Å²) >= 11 is 0. The third-order valence-corrected chi connectivity index (χ3v) is 4.50. The molecule has 1 amide bonds. The van der Waals surface area contributed by atoms with E-state index in [-0.39, 0.29) is 11.8 Å². The van der Waals surface area contributed by atoms with Crippen molar-refractivity contribution < 1.29 is 4.79 Å². The van der Waals surface area contributed by atoms with Crippen LogP contribution in [0.4, 0.5) is 0 Å². The summed E-state index contributed by atoms with van der Waals surface area (Å²) < 4.78 is 0. The molecule has 0 aromatic heterocycles. The summed E-state index contributed by atoms with van der Waals surface area (Å²) in [7, 11) is 1.80. The molecule has 1 aliphatic carbocycles. The predicted octanol–water partition coefficient (Wildman–Crippen LogP) is 3.59. The van der Waals surface area contributed by atoms with Crippen LogP contribution in [0.5, 0.6) is 0 Å². The fraction of sp³-hybridized carbons (Fsp3) is 0.867. The van der Waals surface area contributed by atoms with E-state index in [0.717, 1.165) is 12.8 Å². The molecule has 0 saturated heterocycles. The van der Waals surface area contributed by atoms with Gasteiger partial charge in [-0.3, -0.25) is 4.79 Å². The first-order valence-electron chi connectivity index (χ1n) is 7.53. The molecule has 18 heavy (non-hydrogen) atoms. The van der Waals surface area contributed by atoms with Gasteiger partial charge in [0.05, 0.1) is 0 Å². The Bertz CT molecular complexity index is 324. The van der Waals surface area contributed by atoms with E-state index in [9.17, 15) is 4.79 Å². The van der Waals surface area contributed by atoms with Crippen molar-refractivity contribution in [2.45, 2.75) is 64.7 Å². The molecule has 3 heteroatoms. The molecule has 2 rings (SSSR count). The molecule has 2 unspecified atom stereocenters. The monoisotopic (exact) mass is 250 g/mol. The van der Waals surface area contributed by atoms with Gasteiger partial charge in [0.15, 0.2) is 0 Å². The molecule has 1 heterocycles. The summed E-state index contributed by atoms with van der Waals surface area (Å²) in [5.74, 6) is 0.849. The molecule has 1 aliphatic heterocycles. The Kier molecular flexibility index (Phi) is 4.79. The van der Waals surface area contributed by atoms with E-state index >= 15 is 0 Å². The number of hydrogen-bond donors (Lipinski definition) is 0. The van der Waals surface area contributed by atoms with Crippen LogP contribution >= 0.6 is 0 Å². The minimum absolute atomic E-state index is 0.200. The van der Waals surface area contributed by atoms with Gasteiger partial charge in [0.25, 0.3) is 0 Å². The van der Waals surface area contributed by atoms with E-state index in [4.69, 9.17) is 0 Å². The third-order valence-electron chi connectivity index (χ3n) is 4.50. The van der Waals surface area contributed by atoms with Gasteiger partial charge >= 0.3 is 0 Å². The highest BCUT2D eigenvalue weighted by Crippen LogP contribution is 2.31. The molecule has 0 aromatic rings. The SMILES string of the molecule is CC1=NN(C)C(=O)C2CCCCCCCCCC12. The first-order chi connectivity index (χ1) is 8.70. The fourth-order valence-electron chi connectivity index (χ4n) is 3.41. The topological polar surface area (TPSA) is 32.7 Å². The lowest BCUT2D eigenvalue weighted by Crippen LogP contribution is -2.42. The van der Waals surface area contributed by atoms with Crippen LogP contribution in [0.25, 0.3) is 0 Å². The largest absolute Gasteiger partial charge is 0.273 e. The second kappa shape index (κ2) is 6.35. The molecule has 0 N–H and O–H groups in total. The van der Waals surface area contributed by atoms with Gasteiger partial charge in [-0.1, -0.05) is 44.9 Å². The lowest BCUT2D eigenvalue weighted by Gasteiger charge is -2.33. The van der Waals surface area contributed by atoms with E-state index in [2.05, 4.69) is 12.0 Å². The minimum atomic E-state index is 0.200. The standard InChI is InChI=1S/C15H26N2O/c1-12-13-10-8-6-4-3-5-7-9-11-14(13)15(18)17(2)16-12/h13-14H,3-11H2,1-2H3. The average Bonchev–Trinajstić information content (AvgIpc) is 2.40. The lowest BCUT2D eigenvalue weighted by atomic mass is 9.80. The van der Waals surface area contributed by atoms with Crippen molar-refractivity contribution in [1.29, 1.82) is 0 Å². The van der Waals surface area contributed by atoms with Crippen LogP contribution in [-0.4, -0.2) is 23.7 Å². The van der Waals surface area contributed by atoms with Crippen LogP contribution in [0.3, 0.4) is 0 Å². The maximum Gasteiger partial charge on any atom is 0.246 e. The summed E-state index contributed by atoms with van der Waals surface area (Å²) in [5.41, 5.74) is 1.17. The van der Waals surface area contributed by atoms with Crippen molar-refractivity contribution >= 4 is 11.6 Å². The summed E-state index contributed by atoms with van der Waals surface area (Å²) in [6.07, 6.45) is 11.3. The zero-order chi connectivity index (χ0) is 13.0. The summed E-state index contributed by atoms with van der Waals surface area (Å²) in [6, 6.07) is 0. The van der Waals surface area contributed by atoms with E-state index < -0.39 is 0 Å². The molecule has 0 bridgehead atoms. The Morgan fingerprint density at radius 1 is 0.944 bits per heavy atom. The van der Waals surface area contributed by atoms with E-state index in [1.807, 2.05) is 0 Å². The van der Waals surface area contributed by atoms with E-state index in [1.165, 1.54) is 50.7 Å². The van der Waals surface area contributed by atoms with Gasteiger partial charge in [0, 0.05) is 24.6 Å². The Balaban J connectivity index is 2.11. The smallest absolute Gasteiger partial charge is 0.246 e. The Hall–Kier alpha value is -0.860. The fourth-order valence-corrected chi connectivity index (χ4v) is 3.41. The van der Waals surface area contributed by atoms with Gasteiger partial charge in [0.1, 0.15) is 0 Å². The molecule has 1 fully saturated rings. The van der Waals surface area contributed by atoms with Crippen molar-refractivity contribution in [2.75, 3.05) is 7.05 Å². The van der Waals surface area contributed by atoms with Crippen LogP contribution < -0.4 is 0 Å². The highest BCUT2D eigenvalue weighted by molar-refractivity contribution is 5.94. The molecule has 0 spiro atoms. The van der Waals surface area contributed by atoms with Crippen LogP contribution in [0, 0.1) is 11.8 Å². The van der Waals surface area contributed by atoms with Crippen molar-refractivity contribution in [1.82, 2.24) is 5.01 Å². The first kappa shape index (κ1) is 13.6. The van der Waals surface area contributed by atoms with Crippen molar-refractivity contribution in [3.05, 3.63) is 0 Å². The maximum atomic E-state index is 12.3. The molecular formula is C15H26N2O. The number of hydrogen-bond acceptors (Lipinski definition) is 2. The van der Waals surface area contributed by atoms with E-state index in [0.29, 0.717) is 5.92 Å². The molecule has 2 aliphatic rings. The van der Waals surface area contributed by atoms with Crippen molar-refractivity contribution in [2.24, 2.45) is 16.9 Å². The van der Waals surface area contributed by atoms with Crippen LogP contribution in [0.1, 0.15) is 64.7 Å². The van der Waals surface area contributed by atoms with Gasteiger partial charge in [-0.05, 0) is 19.8 Å². The van der Waals surface area contributed by atoms with Crippen LogP contribution in [0.2, 0.25) is 0 Å². The van der Waals surface area contributed by atoms with Crippen LogP contribution in [-0.2, 0) is 4.79 Å². The van der Waals surface area contributed by atoms with Gasteiger partial charge in [0.2, 0.25) is 5.91 Å². The Morgan fingerprint density at radius 2 is 1.44 bits per heavy atom. The van der Waals surface area contributed by atoms with Crippen molar-refractivity contribution in [3.8, 4) is 0 Å². The third kappa shape index (κ3) is 3.12. The molecule has 2 atom stereocenters. The van der Waals surface area contributed by atoms with Gasteiger partial charge in [-0.25, -0.2) is 5.01 Å². The number of rotatable bonds is 0. The number of nitrogens with zero attached hydrogens (tertiary/aromatic N) is 2. The average molecular weight is 250 g/mol. The summed E-state index contributed by atoms with van der Waals surface area (Å²) in [5, 5.41) is 5.96. The molecule has 102 valence electrons. The maximum absolute atomic E-state index is 12.3. The highest BCUT2D eigenvalue weighted by atomic mass is 16.2. The van der Waals surface area contributed by atoms with Crippen molar-refractivity contribution in [3.63, 3.8) is 0 Å². The van der Waals surface area contributed by atoms with E-state index in [1.54, 1.807) is 12.1 Å². The van der Waals surface area contributed by atoms with Gasteiger partial charge in [-0.2, -0.15) is 5.10 Å². The second-order valence-electron chi connectivity index (χ2n) is 5.87. The molecule has 1 saturated carbocycles. The Labute approximate surface area is 111 Å². The number of amides is 1. The number of hydrazone groups is 1. The number of fused-ring (bicyclic) bond motifs is 1. The van der Waals surface area contributed by atoms with Crippen LogP contribution in [0.15, 0.2) is 5.10 Å². The molecular weight excluding hydrogens is 224 g/mol. The summed E-state index contributed by atoms with van der Waals surface area (Å²) in [6.45, 7) is 2.10. The molecule has 0 aromatic carbocycles. The zero-order valence-corrected chi connectivity index (χ0v) is 11.8. The lowest BCUT2D eigenvalue weighted by molar-refractivity contribution is -0.136. The Morgan fingerprint density at radius 3 is 2.06 bits per heavy atom. The molecule has 3 nitrogen and oxygen atoms in total. The normalized spacial score (nSPS) is 31.3. The first-order valence-corrected chi connectivity index (χ1v) is 7.53. The second-order valence-corrected chi connectivity index (χ2v) is 5.87. The minimum Gasteiger partial charge on any atom is -0.273 e. The number of carbonyl (C=O) groups excluding carboxylic acids is 1. The van der Waals surface area contributed by atoms with Gasteiger partial charge < -0.3 is 0 Å². The highest BCUT2D eigenvalue weighted by Gasteiger charge is 2.35. The van der Waals surface area contributed by atoms with Gasteiger partial charge in [-0.15, -0.1) is 0 Å². The molecule has 0 radical (unpaired) electrons. The zero-order valence-electron chi connectivity index (χ0n) is 11.8. The number of carbonyl (C=O) groups is 1.